The lowest BCUT2D eigenvalue weighted by molar-refractivity contribution is -0.132. The zero-order valence-electron chi connectivity index (χ0n) is 11.0. The van der Waals surface area contributed by atoms with Gasteiger partial charge in [0.05, 0.1) is 0 Å². The maximum atomic E-state index is 11.2. The van der Waals surface area contributed by atoms with Crippen LogP contribution in [-0.4, -0.2) is 24.2 Å². The van der Waals surface area contributed by atoms with Crippen molar-refractivity contribution in [3.63, 3.8) is 0 Å². The zero-order valence-corrected chi connectivity index (χ0v) is 12.6. The highest BCUT2D eigenvalue weighted by molar-refractivity contribution is 9.10. The van der Waals surface area contributed by atoms with Gasteiger partial charge in [0.25, 0.3) is 0 Å². The minimum Gasteiger partial charge on any atom is -0.478 e. The molecule has 0 saturated carbocycles. The Morgan fingerprint density at radius 1 is 1.47 bits per heavy atom. The molecule has 1 aliphatic heterocycles. The number of carboxylic acid groups (broad SMARTS) is 1. The second-order valence-electron chi connectivity index (χ2n) is 4.77. The van der Waals surface area contributed by atoms with Gasteiger partial charge in [-0.25, -0.2) is 4.79 Å². The number of rotatable bonds is 3. The highest BCUT2D eigenvalue weighted by Crippen LogP contribution is 2.30. The third-order valence-corrected chi connectivity index (χ3v) is 3.80. The molecular weight excluding hydrogens is 306 g/mol. The van der Waals surface area contributed by atoms with Gasteiger partial charge in [0.2, 0.25) is 0 Å². The van der Waals surface area contributed by atoms with Crippen molar-refractivity contribution in [3.05, 3.63) is 33.8 Å². The van der Waals surface area contributed by atoms with Gasteiger partial charge in [0, 0.05) is 28.8 Å². The van der Waals surface area contributed by atoms with Gasteiger partial charge in [0.15, 0.2) is 0 Å². The van der Waals surface area contributed by atoms with Crippen molar-refractivity contribution in [2.24, 2.45) is 0 Å². The van der Waals surface area contributed by atoms with Crippen molar-refractivity contribution in [1.29, 1.82) is 0 Å². The first-order chi connectivity index (χ1) is 9.11. The summed E-state index contributed by atoms with van der Waals surface area (Å²) >= 11 is 3.46. The van der Waals surface area contributed by atoms with Gasteiger partial charge >= 0.3 is 5.97 Å². The Kier molecular flexibility index (Phi) is 4.64. The van der Waals surface area contributed by atoms with Crippen LogP contribution in [0.25, 0.3) is 6.08 Å². The van der Waals surface area contributed by atoms with Crippen LogP contribution in [0, 0.1) is 0 Å². The molecule has 1 heterocycles. The van der Waals surface area contributed by atoms with Crippen LogP contribution in [0.5, 0.6) is 0 Å². The van der Waals surface area contributed by atoms with E-state index in [0.717, 1.165) is 41.7 Å². The molecule has 0 aliphatic carbocycles. The number of aliphatic carboxylic acids is 1. The Balaban J connectivity index is 2.48. The Hall–Kier alpha value is -1.29. The third-order valence-electron chi connectivity index (χ3n) is 3.30. The molecule has 19 heavy (non-hydrogen) atoms. The van der Waals surface area contributed by atoms with E-state index in [2.05, 4.69) is 33.8 Å². The molecule has 1 aliphatic rings. The summed E-state index contributed by atoms with van der Waals surface area (Å²) in [6.45, 7) is 4.08. The normalized spacial score (nSPS) is 15.3. The minimum absolute atomic E-state index is 0.496. The number of fused-ring (bicyclic) bond motifs is 1. The zero-order chi connectivity index (χ0) is 13.8. The fourth-order valence-corrected chi connectivity index (χ4v) is 2.82. The van der Waals surface area contributed by atoms with E-state index in [1.165, 1.54) is 0 Å². The smallest absolute Gasteiger partial charge is 0.331 e. The van der Waals surface area contributed by atoms with Crippen LogP contribution in [0.1, 0.15) is 31.7 Å². The molecule has 3 nitrogen and oxygen atoms in total. The van der Waals surface area contributed by atoms with E-state index >= 15 is 0 Å². The molecule has 0 aromatic heterocycles. The topological polar surface area (TPSA) is 40.5 Å². The fourth-order valence-electron chi connectivity index (χ4n) is 2.44. The predicted octanol–water partition coefficient (Wildman–Crippen LogP) is 3.93. The predicted molar refractivity (Wildman–Crippen MR) is 81.5 cm³/mol. The summed E-state index contributed by atoms with van der Waals surface area (Å²) < 4.78 is 0.976. The summed E-state index contributed by atoms with van der Waals surface area (Å²) in [7, 11) is 0. The monoisotopic (exact) mass is 323 g/mol. The second-order valence-corrected chi connectivity index (χ2v) is 5.68. The summed E-state index contributed by atoms with van der Waals surface area (Å²) in [5, 5.41) is 9.23. The maximum Gasteiger partial charge on any atom is 0.331 e. The SMILES string of the molecule is CCCN1CCCC(C(=O)O)=Cc2cc(Br)ccc21. The number of hydrogen-bond acceptors (Lipinski definition) is 2. The lowest BCUT2D eigenvalue weighted by Crippen LogP contribution is -2.27. The summed E-state index contributed by atoms with van der Waals surface area (Å²) in [6.07, 6.45) is 4.41. The summed E-state index contributed by atoms with van der Waals surface area (Å²) in [4.78, 5) is 13.6. The molecule has 1 aromatic rings. The Morgan fingerprint density at radius 3 is 2.95 bits per heavy atom. The van der Waals surface area contributed by atoms with Crippen LogP contribution in [0.3, 0.4) is 0 Å². The van der Waals surface area contributed by atoms with Crippen LogP contribution in [-0.2, 0) is 4.79 Å². The molecule has 0 fully saturated rings. The third kappa shape index (κ3) is 3.38. The second kappa shape index (κ2) is 6.24. The molecule has 4 heteroatoms. The van der Waals surface area contributed by atoms with E-state index < -0.39 is 5.97 Å². The first kappa shape index (κ1) is 14.1. The van der Waals surface area contributed by atoms with E-state index in [9.17, 15) is 9.90 Å². The molecule has 102 valence electrons. The fraction of sp³-hybridized carbons (Fsp3) is 0.400. The van der Waals surface area contributed by atoms with E-state index in [4.69, 9.17) is 0 Å². The number of anilines is 1. The van der Waals surface area contributed by atoms with Crippen molar-refractivity contribution >= 4 is 33.7 Å². The van der Waals surface area contributed by atoms with Gasteiger partial charge in [-0.3, -0.25) is 0 Å². The van der Waals surface area contributed by atoms with Crippen LogP contribution in [0.15, 0.2) is 28.2 Å². The number of benzene rings is 1. The number of carboxylic acids is 1. The first-order valence-electron chi connectivity index (χ1n) is 6.60. The molecule has 0 atom stereocenters. The van der Waals surface area contributed by atoms with Gasteiger partial charge in [-0.15, -0.1) is 0 Å². The minimum atomic E-state index is -0.810. The van der Waals surface area contributed by atoms with Crippen molar-refractivity contribution in [3.8, 4) is 0 Å². The number of halogens is 1. The van der Waals surface area contributed by atoms with Crippen molar-refractivity contribution in [2.45, 2.75) is 26.2 Å². The highest BCUT2D eigenvalue weighted by atomic mass is 79.9. The van der Waals surface area contributed by atoms with Crippen molar-refractivity contribution in [2.75, 3.05) is 18.0 Å². The molecule has 0 radical (unpaired) electrons. The Labute approximate surface area is 122 Å². The molecule has 0 saturated heterocycles. The standard InChI is InChI=1S/C15H18BrNO2/c1-2-7-17-8-3-4-11(15(18)19)9-12-10-13(16)5-6-14(12)17/h5-6,9-10H,2-4,7-8H2,1H3,(H,18,19). The number of hydrogen-bond donors (Lipinski definition) is 1. The van der Waals surface area contributed by atoms with E-state index in [1.807, 2.05) is 18.2 Å². The average Bonchev–Trinajstić information content (AvgIpc) is 2.34. The summed E-state index contributed by atoms with van der Waals surface area (Å²) in [6, 6.07) is 6.07. The van der Waals surface area contributed by atoms with Crippen LogP contribution >= 0.6 is 15.9 Å². The summed E-state index contributed by atoms with van der Waals surface area (Å²) in [5.74, 6) is -0.810. The van der Waals surface area contributed by atoms with E-state index in [1.54, 1.807) is 0 Å². The number of carbonyl (C=O) groups is 1. The Morgan fingerprint density at radius 2 is 2.26 bits per heavy atom. The van der Waals surface area contributed by atoms with Gasteiger partial charge in [-0.05, 0) is 49.1 Å². The van der Waals surface area contributed by atoms with Crippen molar-refractivity contribution < 1.29 is 9.90 Å². The van der Waals surface area contributed by atoms with Crippen LogP contribution in [0.2, 0.25) is 0 Å². The number of nitrogens with zero attached hydrogens (tertiary/aromatic N) is 1. The molecule has 0 bridgehead atoms. The molecule has 1 N–H and O–H groups in total. The molecule has 0 spiro atoms. The molecule has 1 aromatic carbocycles. The lowest BCUT2D eigenvalue weighted by atomic mass is 10.0. The molecule has 0 amide bonds. The van der Waals surface area contributed by atoms with Gasteiger partial charge in [-0.1, -0.05) is 22.9 Å². The quantitative estimate of drug-likeness (QED) is 0.916. The maximum absolute atomic E-state index is 11.2. The van der Waals surface area contributed by atoms with Crippen LogP contribution in [0.4, 0.5) is 5.69 Å². The van der Waals surface area contributed by atoms with E-state index in [-0.39, 0.29) is 0 Å². The summed E-state index contributed by atoms with van der Waals surface area (Å²) in [5.41, 5.74) is 2.61. The first-order valence-corrected chi connectivity index (χ1v) is 7.39. The van der Waals surface area contributed by atoms with Gasteiger partial charge in [0.1, 0.15) is 0 Å². The molecule has 2 rings (SSSR count). The van der Waals surface area contributed by atoms with Gasteiger partial charge in [-0.2, -0.15) is 0 Å². The molecular formula is C15H18BrNO2. The Bertz CT molecular complexity index is 511. The lowest BCUT2D eigenvalue weighted by Gasteiger charge is -2.28. The van der Waals surface area contributed by atoms with Crippen molar-refractivity contribution in [1.82, 2.24) is 0 Å². The highest BCUT2D eigenvalue weighted by Gasteiger charge is 2.16. The largest absolute Gasteiger partial charge is 0.478 e. The van der Waals surface area contributed by atoms with Gasteiger partial charge < -0.3 is 10.0 Å². The van der Waals surface area contributed by atoms with Crippen LogP contribution < -0.4 is 4.90 Å². The average molecular weight is 324 g/mol. The van der Waals surface area contributed by atoms with E-state index in [0.29, 0.717) is 12.0 Å². The molecule has 0 unspecified atom stereocenters.